The summed E-state index contributed by atoms with van der Waals surface area (Å²) >= 11 is 0. The van der Waals surface area contributed by atoms with E-state index >= 15 is 0 Å². The van der Waals surface area contributed by atoms with Gasteiger partial charge in [0.25, 0.3) is 5.91 Å². The number of nitrogens with one attached hydrogen (secondary N) is 1. The Balaban J connectivity index is 1.32. The molecule has 0 bridgehead atoms. The molecule has 0 spiro atoms. The summed E-state index contributed by atoms with van der Waals surface area (Å²) in [6, 6.07) is 20.9. The molecule has 0 saturated heterocycles. The highest BCUT2D eigenvalue weighted by Crippen LogP contribution is 2.42. The molecular formula is C27H22FN5O2. The summed E-state index contributed by atoms with van der Waals surface area (Å²) < 4.78 is 21.2. The van der Waals surface area contributed by atoms with Gasteiger partial charge in [-0.1, -0.05) is 23.4 Å². The number of carbonyl (C=O) groups excluding carboxylic acids is 1. The van der Waals surface area contributed by atoms with Crippen LogP contribution in [0.15, 0.2) is 66.7 Å². The first-order valence-electron chi connectivity index (χ1n) is 11.3. The maximum atomic E-state index is 13.8. The van der Waals surface area contributed by atoms with Crippen LogP contribution in [0.25, 0.3) is 5.69 Å². The van der Waals surface area contributed by atoms with Crippen LogP contribution in [0.4, 0.5) is 10.1 Å². The average Bonchev–Trinajstić information content (AvgIpc) is 3.61. The number of carbonyl (C=O) groups is 1. The number of hydrogen-bond donors (Lipinski definition) is 1. The number of rotatable bonds is 7. The third-order valence-corrected chi connectivity index (χ3v) is 5.84. The van der Waals surface area contributed by atoms with Crippen LogP contribution >= 0.6 is 0 Å². The summed E-state index contributed by atoms with van der Waals surface area (Å²) in [6.07, 6.45) is 1.87. The zero-order valence-corrected chi connectivity index (χ0v) is 19.0. The number of hydrogen-bond acceptors (Lipinski definition) is 5. The van der Waals surface area contributed by atoms with E-state index in [1.807, 2.05) is 25.1 Å². The second-order valence-electron chi connectivity index (χ2n) is 8.52. The van der Waals surface area contributed by atoms with Crippen LogP contribution in [0.2, 0.25) is 0 Å². The fourth-order valence-corrected chi connectivity index (χ4v) is 3.92. The van der Waals surface area contributed by atoms with Crippen LogP contribution < -0.4 is 10.1 Å². The Kier molecular flexibility index (Phi) is 5.98. The van der Waals surface area contributed by atoms with Crippen LogP contribution in [-0.4, -0.2) is 20.9 Å². The summed E-state index contributed by atoms with van der Waals surface area (Å²) in [6.45, 7) is 2.21. The second kappa shape index (κ2) is 9.39. The smallest absolute Gasteiger partial charge is 0.278 e. The molecule has 0 radical (unpaired) electrons. The molecule has 3 aromatic carbocycles. The number of amides is 1. The number of halogens is 1. The molecule has 1 amide bonds. The normalized spacial score (nSPS) is 12.7. The SMILES string of the molecule is Cc1cc(OCc2cccc(C#N)c2)ccc1NC(=O)c1nnn(-c2cccc(F)c2)c1C1CC1. The van der Waals surface area contributed by atoms with E-state index < -0.39 is 0 Å². The van der Waals surface area contributed by atoms with Gasteiger partial charge in [0.1, 0.15) is 18.2 Å². The Labute approximate surface area is 201 Å². The van der Waals surface area contributed by atoms with Crippen molar-refractivity contribution in [3.63, 3.8) is 0 Å². The van der Waals surface area contributed by atoms with Gasteiger partial charge in [0.2, 0.25) is 0 Å². The van der Waals surface area contributed by atoms with Gasteiger partial charge < -0.3 is 10.1 Å². The molecule has 1 aliphatic rings. The maximum Gasteiger partial charge on any atom is 0.278 e. The predicted molar refractivity (Wildman–Crippen MR) is 128 cm³/mol. The lowest BCUT2D eigenvalue weighted by atomic mass is 10.1. The van der Waals surface area contributed by atoms with Gasteiger partial charge in [-0.25, -0.2) is 9.07 Å². The third kappa shape index (κ3) is 4.89. The highest BCUT2D eigenvalue weighted by Gasteiger charge is 2.34. The lowest BCUT2D eigenvalue weighted by Crippen LogP contribution is -2.16. The molecule has 1 aromatic heterocycles. The molecule has 0 atom stereocenters. The minimum atomic E-state index is -0.374. The Morgan fingerprint density at radius 3 is 2.74 bits per heavy atom. The number of nitriles is 1. The van der Waals surface area contributed by atoms with Crippen molar-refractivity contribution in [2.75, 3.05) is 5.32 Å². The monoisotopic (exact) mass is 467 g/mol. The van der Waals surface area contributed by atoms with Crippen LogP contribution in [0, 0.1) is 24.1 Å². The van der Waals surface area contributed by atoms with E-state index in [4.69, 9.17) is 10.00 Å². The summed E-state index contributed by atoms with van der Waals surface area (Å²) in [5.41, 5.74) is 4.42. The van der Waals surface area contributed by atoms with E-state index in [9.17, 15) is 9.18 Å². The second-order valence-corrected chi connectivity index (χ2v) is 8.52. The molecule has 8 heteroatoms. The van der Waals surface area contributed by atoms with Gasteiger partial charge in [-0.05, 0) is 79.4 Å². The molecule has 1 aliphatic carbocycles. The van der Waals surface area contributed by atoms with Crippen LogP contribution in [0.3, 0.4) is 0 Å². The molecule has 35 heavy (non-hydrogen) atoms. The predicted octanol–water partition coefficient (Wildman–Crippen LogP) is 5.30. The first-order chi connectivity index (χ1) is 17.0. The topological polar surface area (TPSA) is 92.8 Å². The van der Waals surface area contributed by atoms with Crippen molar-refractivity contribution in [2.45, 2.75) is 32.3 Å². The molecule has 4 aromatic rings. The maximum absolute atomic E-state index is 13.8. The van der Waals surface area contributed by atoms with Crippen molar-refractivity contribution in [3.8, 4) is 17.5 Å². The van der Waals surface area contributed by atoms with Crippen molar-refractivity contribution in [1.82, 2.24) is 15.0 Å². The van der Waals surface area contributed by atoms with Gasteiger partial charge in [0.05, 0.1) is 23.0 Å². The van der Waals surface area contributed by atoms with E-state index in [0.29, 0.717) is 35.0 Å². The van der Waals surface area contributed by atoms with Crippen LogP contribution in [-0.2, 0) is 6.61 Å². The lowest BCUT2D eigenvalue weighted by molar-refractivity contribution is 0.102. The minimum Gasteiger partial charge on any atom is -0.489 e. The number of nitrogens with zero attached hydrogens (tertiary/aromatic N) is 4. The highest BCUT2D eigenvalue weighted by atomic mass is 19.1. The molecule has 0 unspecified atom stereocenters. The summed E-state index contributed by atoms with van der Waals surface area (Å²) in [5.74, 6) is 0.0881. The van der Waals surface area contributed by atoms with E-state index in [1.54, 1.807) is 41.1 Å². The standard InChI is InChI=1S/C27H22FN5O2/c1-17-12-23(35-16-19-5-2-4-18(13-19)15-29)10-11-24(17)30-27(34)25-26(20-8-9-20)33(32-31-25)22-7-3-6-21(28)14-22/h2-7,10-14,20H,8-9,16H2,1H3,(H,30,34). The molecule has 0 aliphatic heterocycles. The van der Waals surface area contributed by atoms with Crippen molar-refractivity contribution in [3.05, 3.63) is 101 Å². The van der Waals surface area contributed by atoms with Crippen molar-refractivity contribution in [1.29, 1.82) is 5.26 Å². The van der Waals surface area contributed by atoms with Crippen LogP contribution in [0.1, 0.15) is 51.6 Å². The van der Waals surface area contributed by atoms with E-state index in [2.05, 4.69) is 21.7 Å². The van der Waals surface area contributed by atoms with Crippen LogP contribution in [0.5, 0.6) is 5.75 Å². The highest BCUT2D eigenvalue weighted by molar-refractivity contribution is 6.04. The Morgan fingerprint density at radius 2 is 2.00 bits per heavy atom. The molecule has 7 nitrogen and oxygen atoms in total. The van der Waals surface area contributed by atoms with Crippen molar-refractivity contribution < 1.29 is 13.9 Å². The zero-order valence-electron chi connectivity index (χ0n) is 19.0. The molecular weight excluding hydrogens is 445 g/mol. The quantitative estimate of drug-likeness (QED) is 0.398. The number of anilines is 1. The Bertz CT molecular complexity index is 1450. The molecule has 1 fully saturated rings. The van der Waals surface area contributed by atoms with Gasteiger partial charge in [-0.15, -0.1) is 5.10 Å². The molecule has 1 N–H and O–H groups in total. The van der Waals surface area contributed by atoms with Crippen molar-refractivity contribution >= 4 is 11.6 Å². The van der Waals surface area contributed by atoms with Gasteiger partial charge in [-0.3, -0.25) is 4.79 Å². The number of benzene rings is 3. The summed E-state index contributed by atoms with van der Waals surface area (Å²) in [7, 11) is 0. The van der Waals surface area contributed by atoms with Gasteiger partial charge in [0.15, 0.2) is 5.69 Å². The number of aromatic nitrogens is 3. The van der Waals surface area contributed by atoms with E-state index in [1.165, 1.54) is 12.1 Å². The Hall–Kier alpha value is -4.51. The largest absolute Gasteiger partial charge is 0.489 e. The molecule has 5 rings (SSSR count). The van der Waals surface area contributed by atoms with Gasteiger partial charge >= 0.3 is 0 Å². The molecule has 1 saturated carbocycles. The third-order valence-electron chi connectivity index (χ3n) is 5.84. The van der Waals surface area contributed by atoms with E-state index in [0.717, 1.165) is 24.0 Å². The number of aryl methyl sites for hydroxylation is 1. The summed E-state index contributed by atoms with van der Waals surface area (Å²) in [4.78, 5) is 13.1. The summed E-state index contributed by atoms with van der Waals surface area (Å²) in [5, 5.41) is 20.2. The first-order valence-corrected chi connectivity index (χ1v) is 11.3. The minimum absolute atomic E-state index is 0.172. The lowest BCUT2D eigenvalue weighted by Gasteiger charge is -2.12. The van der Waals surface area contributed by atoms with E-state index in [-0.39, 0.29) is 23.3 Å². The fourth-order valence-electron chi connectivity index (χ4n) is 3.92. The number of ether oxygens (including phenoxy) is 1. The zero-order chi connectivity index (χ0) is 24.4. The molecule has 174 valence electrons. The Morgan fingerprint density at radius 1 is 1.17 bits per heavy atom. The molecule has 1 heterocycles. The van der Waals surface area contributed by atoms with Crippen molar-refractivity contribution in [2.24, 2.45) is 0 Å². The van der Waals surface area contributed by atoms with Gasteiger partial charge in [0, 0.05) is 11.6 Å². The van der Waals surface area contributed by atoms with Gasteiger partial charge in [-0.2, -0.15) is 5.26 Å². The average molecular weight is 468 g/mol. The first kappa shape index (κ1) is 22.3. The fraction of sp³-hybridized carbons (Fsp3) is 0.185.